The van der Waals surface area contributed by atoms with Crippen LogP contribution in [-0.4, -0.2) is 66.3 Å². The lowest BCUT2D eigenvalue weighted by Crippen LogP contribution is -2.51. The van der Waals surface area contributed by atoms with E-state index in [9.17, 15) is 0 Å². The third-order valence-corrected chi connectivity index (χ3v) is 5.72. The molecule has 0 aromatic heterocycles. The van der Waals surface area contributed by atoms with Gasteiger partial charge >= 0.3 is 0 Å². The number of hydrogen-bond acceptors (Lipinski definition) is 4. The molecule has 0 atom stereocenters. The van der Waals surface area contributed by atoms with Crippen LogP contribution in [0.2, 0.25) is 0 Å². The molecule has 2 aliphatic rings. The Hall–Kier alpha value is -0.980. The second-order valence-corrected chi connectivity index (χ2v) is 7.75. The molecule has 2 aliphatic heterocycles. The van der Waals surface area contributed by atoms with Crippen molar-refractivity contribution in [2.45, 2.75) is 19.4 Å². The van der Waals surface area contributed by atoms with Crippen LogP contribution in [0.15, 0.2) is 18.2 Å². The molecule has 3 rings (SSSR count). The van der Waals surface area contributed by atoms with E-state index in [0.717, 1.165) is 63.2 Å². The molecule has 6 heteroatoms. The topological polar surface area (TPSA) is 27.7 Å². The number of ether oxygens (including phenoxy) is 1. The SMILES string of the molecule is CSCCCNC(=S)N1CCN(Cc2ccc3c(c2)CCO3)CC1. The predicted molar refractivity (Wildman–Crippen MR) is 106 cm³/mol. The zero-order valence-electron chi connectivity index (χ0n) is 14.4. The maximum atomic E-state index is 5.59. The summed E-state index contributed by atoms with van der Waals surface area (Å²) in [5.41, 5.74) is 2.76. The van der Waals surface area contributed by atoms with Crippen LogP contribution < -0.4 is 10.1 Å². The Morgan fingerprint density at radius 2 is 2.12 bits per heavy atom. The fraction of sp³-hybridized carbons (Fsp3) is 0.611. The van der Waals surface area contributed by atoms with Gasteiger partial charge in [-0.1, -0.05) is 12.1 Å². The van der Waals surface area contributed by atoms with Crippen LogP contribution in [0, 0.1) is 0 Å². The Morgan fingerprint density at radius 1 is 1.29 bits per heavy atom. The van der Waals surface area contributed by atoms with Gasteiger partial charge in [0.25, 0.3) is 0 Å². The second kappa shape index (κ2) is 8.92. The minimum Gasteiger partial charge on any atom is -0.493 e. The van der Waals surface area contributed by atoms with Gasteiger partial charge in [0.1, 0.15) is 5.75 Å². The van der Waals surface area contributed by atoms with Gasteiger partial charge < -0.3 is 15.0 Å². The maximum Gasteiger partial charge on any atom is 0.169 e. The Morgan fingerprint density at radius 3 is 2.92 bits per heavy atom. The lowest BCUT2D eigenvalue weighted by atomic mass is 10.1. The molecule has 24 heavy (non-hydrogen) atoms. The number of piperazine rings is 1. The molecular formula is C18H27N3OS2. The predicted octanol–water partition coefficient (Wildman–Crippen LogP) is 2.37. The molecule has 2 heterocycles. The average Bonchev–Trinajstić information content (AvgIpc) is 3.07. The summed E-state index contributed by atoms with van der Waals surface area (Å²) in [5, 5.41) is 4.31. The fourth-order valence-corrected chi connectivity index (χ4v) is 3.95. The summed E-state index contributed by atoms with van der Waals surface area (Å²) in [6.45, 7) is 7.01. The van der Waals surface area contributed by atoms with Crippen LogP contribution >= 0.6 is 24.0 Å². The third-order valence-electron chi connectivity index (χ3n) is 4.62. The Labute approximate surface area is 154 Å². The van der Waals surface area contributed by atoms with Crippen LogP contribution in [-0.2, 0) is 13.0 Å². The van der Waals surface area contributed by atoms with Crippen molar-refractivity contribution in [1.82, 2.24) is 15.1 Å². The molecular weight excluding hydrogens is 338 g/mol. The van der Waals surface area contributed by atoms with Gasteiger partial charge in [0.15, 0.2) is 5.11 Å². The number of thiocarbonyl (C=S) groups is 1. The van der Waals surface area contributed by atoms with Crippen molar-refractivity contribution < 1.29 is 4.74 Å². The Kier molecular flexibility index (Phi) is 6.63. The number of hydrogen-bond donors (Lipinski definition) is 1. The first-order valence-corrected chi connectivity index (χ1v) is 10.5. The van der Waals surface area contributed by atoms with Crippen LogP contribution in [0.4, 0.5) is 0 Å². The van der Waals surface area contributed by atoms with Crippen molar-refractivity contribution in [3.8, 4) is 5.75 Å². The number of nitrogens with zero attached hydrogens (tertiary/aromatic N) is 2. The zero-order chi connectivity index (χ0) is 16.8. The summed E-state index contributed by atoms with van der Waals surface area (Å²) in [5.74, 6) is 2.26. The molecule has 1 aromatic carbocycles. The quantitative estimate of drug-likeness (QED) is 0.615. The number of benzene rings is 1. The van der Waals surface area contributed by atoms with E-state index in [1.165, 1.54) is 23.3 Å². The van der Waals surface area contributed by atoms with Crippen LogP contribution in [0.25, 0.3) is 0 Å². The van der Waals surface area contributed by atoms with Crippen LogP contribution in [0.1, 0.15) is 17.5 Å². The number of fused-ring (bicyclic) bond motifs is 1. The molecule has 1 N–H and O–H groups in total. The van der Waals surface area contributed by atoms with Crippen molar-refractivity contribution in [2.75, 3.05) is 51.3 Å². The minimum atomic E-state index is 0.832. The molecule has 132 valence electrons. The van der Waals surface area contributed by atoms with Crippen molar-refractivity contribution >= 4 is 29.1 Å². The largest absolute Gasteiger partial charge is 0.493 e. The van der Waals surface area contributed by atoms with Gasteiger partial charge in [-0.2, -0.15) is 11.8 Å². The van der Waals surface area contributed by atoms with Gasteiger partial charge in [-0.05, 0) is 47.8 Å². The molecule has 0 radical (unpaired) electrons. The standard InChI is InChI=1S/C18H27N3OS2/c1-24-12-2-6-19-18(23)21-9-7-20(8-10-21)14-15-3-4-17-16(13-15)5-11-22-17/h3-4,13H,2,5-12,14H2,1H3,(H,19,23). The van der Waals surface area contributed by atoms with E-state index in [0.29, 0.717) is 0 Å². The molecule has 0 aliphatic carbocycles. The summed E-state index contributed by atoms with van der Waals surface area (Å²) < 4.78 is 5.59. The molecule has 1 aromatic rings. The number of nitrogens with one attached hydrogen (secondary N) is 1. The fourth-order valence-electron chi connectivity index (χ4n) is 3.23. The molecule has 1 saturated heterocycles. The molecule has 0 amide bonds. The van der Waals surface area contributed by atoms with E-state index >= 15 is 0 Å². The van der Waals surface area contributed by atoms with Crippen LogP contribution in [0.5, 0.6) is 5.75 Å². The lowest BCUT2D eigenvalue weighted by Gasteiger charge is -2.36. The number of rotatable bonds is 6. The highest BCUT2D eigenvalue weighted by molar-refractivity contribution is 7.98. The molecule has 0 saturated carbocycles. The van der Waals surface area contributed by atoms with Crippen molar-refractivity contribution in [3.63, 3.8) is 0 Å². The van der Waals surface area contributed by atoms with Gasteiger partial charge in [0.05, 0.1) is 6.61 Å². The molecule has 0 bridgehead atoms. The molecule has 0 spiro atoms. The van der Waals surface area contributed by atoms with E-state index in [2.05, 4.69) is 39.6 Å². The third kappa shape index (κ3) is 4.77. The van der Waals surface area contributed by atoms with Gasteiger partial charge in [-0.3, -0.25) is 4.90 Å². The molecule has 0 unspecified atom stereocenters. The normalized spacial score (nSPS) is 17.5. The highest BCUT2D eigenvalue weighted by Crippen LogP contribution is 2.26. The minimum absolute atomic E-state index is 0.832. The Balaban J connectivity index is 1.41. The van der Waals surface area contributed by atoms with Crippen LogP contribution in [0.3, 0.4) is 0 Å². The summed E-state index contributed by atoms with van der Waals surface area (Å²) >= 11 is 7.41. The van der Waals surface area contributed by atoms with E-state index in [-0.39, 0.29) is 0 Å². The summed E-state index contributed by atoms with van der Waals surface area (Å²) in [4.78, 5) is 4.83. The average molecular weight is 366 g/mol. The van der Waals surface area contributed by atoms with Crippen molar-refractivity contribution in [2.24, 2.45) is 0 Å². The molecule has 1 fully saturated rings. The van der Waals surface area contributed by atoms with E-state index in [1.54, 1.807) is 0 Å². The first kappa shape index (κ1) is 17.8. The van der Waals surface area contributed by atoms with Gasteiger partial charge in [-0.15, -0.1) is 0 Å². The van der Waals surface area contributed by atoms with E-state index in [4.69, 9.17) is 17.0 Å². The van der Waals surface area contributed by atoms with Crippen molar-refractivity contribution in [1.29, 1.82) is 0 Å². The first-order valence-electron chi connectivity index (χ1n) is 8.75. The number of thioether (sulfide) groups is 1. The summed E-state index contributed by atoms with van der Waals surface area (Å²) in [7, 11) is 0. The highest BCUT2D eigenvalue weighted by atomic mass is 32.2. The summed E-state index contributed by atoms with van der Waals surface area (Å²) in [6.07, 6.45) is 4.36. The Bertz CT molecular complexity index is 559. The van der Waals surface area contributed by atoms with Gasteiger partial charge in [0.2, 0.25) is 0 Å². The van der Waals surface area contributed by atoms with Gasteiger partial charge in [-0.25, -0.2) is 0 Å². The monoisotopic (exact) mass is 365 g/mol. The van der Waals surface area contributed by atoms with Crippen molar-refractivity contribution in [3.05, 3.63) is 29.3 Å². The zero-order valence-corrected chi connectivity index (χ0v) is 16.1. The van der Waals surface area contributed by atoms with E-state index < -0.39 is 0 Å². The van der Waals surface area contributed by atoms with Gasteiger partial charge in [0, 0.05) is 45.7 Å². The second-order valence-electron chi connectivity index (χ2n) is 6.38. The first-order chi connectivity index (χ1) is 11.8. The smallest absolute Gasteiger partial charge is 0.169 e. The van der Waals surface area contributed by atoms with E-state index in [1.807, 2.05) is 11.8 Å². The highest BCUT2D eigenvalue weighted by Gasteiger charge is 2.19. The lowest BCUT2D eigenvalue weighted by molar-refractivity contribution is 0.174. The molecule has 4 nitrogen and oxygen atoms in total. The maximum absolute atomic E-state index is 5.59. The summed E-state index contributed by atoms with van der Waals surface area (Å²) in [6, 6.07) is 6.64.